The molecule has 0 N–H and O–H groups in total. The van der Waals surface area contributed by atoms with Gasteiger partial charge in [-0.05, 0) is 64.0 Å². The van der Waals surface area contributed by atoms with E-state index in [0.29, 0.717) is 0 Å². The maximum atomic E-state index is 5.63. The molecule has 0 aromatic heterocycles. The van der Waals surface area contributed by atoms with Crippen molar-refractivity contribution in [3.63, 3.8) is 0 Å². The molecule has 0 heterocycles. The number of hydrogen-bond donors (Lipinski definition) is 0. The molecule has 98 valence electrons. The van der Waals surface area contributed by atoms with E-state index < -0.39 is 0 Å². The molecule has 0 aliphatic heterocycles. The van der Waals surface area contributed by atoms with Crippen LogP contribution in [-0.2, 0) is 0 Å². The topological polar surface area (TPSA) is 0 Å². The van der Waals surface area contributed by atoms with Gasteiger partial charge in [0.05, 0.1) is 5.41 Å². The van der Waals surface area contributed by atoms with Gasteiger partial charge >= 0.3 is 0 Å². The molecule has 0 bridgehead atoms. The van der Waals surface area contributed by atoms with Crippen molar-refractivity contribution in [3.8, 4) is 12.3 Å². The minimum Gasteiger partial charge on any atom is -0.125 e. The standard InChI is InChI=1S/C18H26/c1-6-9-11-13-17(4)14-16-18(5,8-3)15-12-10-7-2/h3,6-7,16H,1-2,9-13,15H2,4-5H3. The van der Waals surface area contributed by atoms with Crippen molar-refractivity contribution in [3.05, 3.63) is 42.7 Å². The van der Waals surface area contributed by atoms with Crippen molar-refractivity contribution >= 4 is 0 Å². The highest BCUT2D eigenvalue weighted by atomic mass is 14.2. The molecule has 0 saturated heterocycles. The second-order valence-corrected chi connectivity index (χ2v) is 4.99. The molecule has 0 fully saturated rings. The molecule has 0 saturated carbocycles. The SMILES string of the molecule is C#CC(C)(C=C=C(C)CCCC=C)CCCC=C. The summed E-state index contributed by atoms with van der Waals surface area (Å²) in [5.74, 6) is 2.88. The lowest BCUT2D eigenvalue weighted by Gasteiger charge is -2.17. The Hall–Kier alpha value is -1.44. The van der Waals surface area contributed by atoms with Gasteiger partial charge in [0.25, 0.3) is 0 Å². The summed E-state index contributed by atoms with van der Waals surface area (Å²) < 4.78 is 0. The summed E-state index contributed by atoms with van der Waals surface area (Å²) in [7, 11) is 0. The molecule has 0 aromatic carbocycles. The van der Waals surface area contributed by atoms with Crippen LogP contribution in [0, 0.1) is 17.8 Å². The molecular formula is C18H26. The summed E-state index contributed by atoms with van der Waals surface area (Å²) in [5, 5.41) is 0. The monoisotopic (exact) mass is 242 g/mol. The Labute approximate surface area is 113 Å². The van der Waals surface area contributed by atoms with Gasteiger partial charge in [-0.1, -0.05) is 18.1 Å². The van der Waals surface area contributed by atoms with E-state index in [9.17, 15) is 0 Å². The van der Waals surface area contributed by atoms with Crippen LogP contribution in [0.2, 0.25) is 0 Å². The first-order valence-corrected chi connectivity index (χ1v) is 6.71. The predicted octanol–water partition coefficient (Wildman–Crippen LogP) is 5.44. The van der Waals surface area contributed by atoms with Gasteiger partial charge < -0.3 is 0 Å². The largest absolute Gasteiger partial charge is 0.125 e. The molecule has 0 nitrogen and oxygen atoms in total. The number of allylic oxidation sites excluding steroid dienone is 3. The molecule has 0 aliphatic carbocycles. The third kappa shape index (κ3) is 7.77. The van der Waals surface area contributed by atoms with Gasteiger partial charge in [0, 0.05) is 0 Å². The Balaban J connectivity index is 4.47. The van der Waals surface area contributed by atoms with E-state index in [-0.39, 0.29) is 5.41 Å². The lowest BCUT2D eigenvalue weighted by Crippen LogP contribution is -2.09. The predicted molar refractivity (Wildman–Crippen MR) is 82.3 cm³/mol. The minimum absolute atomic E-state index is 0.178. The van der Waals surface area contributed by atoms with E-state index in [4.69, 9.17) is 6.42 Å². The van der Waals surface area contributed by atoms with Gasteiger partial charge in [-0.25, -0.2) is 0 Å². The molecule has 0 spiro atoms. The van der Waals surface area contributed by atoms with Gasteiger partial charge in [0.2, 0.25) is 0 Å². The molecule has 1 unspecified atom stereocenters. The van der Waals surface area contributed by atoms with Crippen molar-refractivity contribution in [2.75, 3.05) is 0 Å². The summed E-state index contributed by atoms with van der Waals surface area (Å²) in [6, 6.07) is 0. The van der Waals surface area contributed by atoms with Gasteiger partial charge in [-0.3, -0.25) is 0 Å². The Morgan fingerprint density at radius 2 is 1.83 bits per heavy atom. The molecule has 18 heavy (non-hydrogen) atoms. The highest BCUT2D eigenvalue weighted by molar-refractivity contribution is 5.16. The van der Waals surface area contributed by atoms with Crippen molar-refractivity contribution in [2.24, 2.45) is 5.41 Å². The van der Waals surface area contributed by atoms with E-state index >= 15 is 0 Å². The smallest absolute Gasteiger partial charge is 0.0536 e. The second kappa shape index (κ2) is 9.58. The molecule has 0 aliphatic rings. The van der Waals surface area contributed by atoms with Crippen molar-refractivity contribution in [2.45, 2.75) is 52.4 Å². The molecule has 1 atom stereocenters. The highest BCUT2D eigenvalue weighted by Crippen LogP contribution is 2.25. The van der Waals surface area contributed by atoms with E-state index in [1.807, 2.05) is 12.2 Å². The molecular weight excluding hydrogens is 216 g/mol. The van der Waals surface area contributed by atoms with E-state index in [1.165, 1.54) is 5.57 Å². The maximum Gasteiger partial charge on any atom is 0.0536 e. The molecule has 0 rings (SSSR count). The Bertz CT molecular complexity index is 358. The highest BCUT2D eigenvalue weighted by Gasteiger charge is 2.16. The van der Waals surface area contributed by atoms with Gasteiger partial charge in [0.1, 0.15) is 0 Å². The van der Waals surface area contributed by atoms with Crippen LogP contribution in [0.15, 0.2) is 42.7 Å². The fourth-order valence-electron chi connectivity index (χ4n) is 1.67. The Morgan fingerprint density at radius 3 is 2.39 bits per heavy atom. The number of hydrogen-bond acceptors (Lipinski definition) is 0. The normalized spacial score (nSPS) is 12.7. The van der Waals surface area contributed by atoms with Crippen LogP contribution in [0.3, 0.4) is 0 Å². The van der Waals surface area contributed by atoms with Gasteiger partial charge in [-0.15, -0.1) is 25.3 Å². The van der Waals surface area contributed by atoms with Crippen LogP contribution in [0.4, 0.5) is 0 Å². The lowest BCUT2D eigenvalue weighted by atomic mass is 9.85. The molecule has 0 radical (unpaired) electrons. The zero-order valence-corrected chi connectivity index (χ0v) is 12.0. The molecule has 0 heteroatoms. The third-order valence-electron chi connectivity index (χ3n) is 3.03. The summed E-state index contributed by atoms with van der Waals surface area (Å²) in [5.41, 5.74) is 4.44. The van der Waals surface area contributed by atoms with E-state index in [1.54, 1.807) is 0 Å². The van der Waals surface area contributed by atoms with E-state index in [0.717, 1.165) is 38.5 Å². The van der Waals surface area contributed by atoms with E-state index in [2.05, 4.69) is 44.7 Å². The lowest BCUT2D eigenvalue weighted by molar-refractivity contribution is 0.501. The zero-order chi connectivity index (χ0) is 13.9. The molecule has 0 aromatic rings. The van der Waals surface area contributed by atoms with Crippen LogP contribution in [0.25, 0.3) is 0 Å². The fourth-order valence-corrected chi connectivity index (χ4v) is 1.67. The average Bonchev–Trinajstić information content (AvgIpc) is 2.37. The first-order valence-electron chi connectivity index (χ1n) is 6.71. The quantitative estimate of drug-likeness (QED) is 0.218. The maximum absolute atomic E-state index is 5.63. The van der Waals surface area contributed by atoms with Gasteiger partial charge in [-0.2, -0.15) is 0 Å². The van der Waals surface area contributed by atoms with Crippen molar-refractivity contribution < 1.29 is 0 Å². The minimum atomic E-state index is -0.178. The second-order valence-electron chi connectivity index (χ2n) is 4.99. The number of unbranched alkanes of at least 4 members (excludes halogenated alkanes) is 2. The summed E-state index contributed by atoms with van der Waals surface area (Å²) in [6.45, 7) is 11.7. The van der Waals surface area contributed by atoms with Crippen LogP contribution in [0.5, 0.6) is 0 Å². The fraction of sp³-hybridized carbons (Fsp3) is 0.500. The first kappa shape index (κ1) is 16.6. The number of terminal acetylenes is 1. The Kier molecular flexibility index (Phi) is 8.81. The van der Waals surface area contributed by atoms with Crippen molar-refractivity contribution in [1.29, 1.82) is 0 Å². The summed E-state index contributed by atoms with van der Waals surface area (Å²) in [4.78, 5) is 0. The zero-order valence-electron chi connectivity index (χ0n) is 12.0. The molecule has 0 amide bonds. The first-order chi connectivity index (χ1) is 8.58. The van der Waals surface area contributed by atoms with Crippen LogP contribution >= 0.6 is 0 Å². The van der Waals surface area contributed by atoms with Gasteiger partial charge in [0.15, 0.2) is 0 Å². The average molecular weight is 242 g/mol. The third-order valence-corrected chi connectivity index (χ3v) is 3.03. The van der Waals surface area contributed by atoms with Crippen molar-refractivity contribution in [1.82, 2.24) is 0 Å². The van der Waals surface area contributed by atoms with Crippen LogP contribution < -0.4 is 0 Å². The summed E-state index contributed by atoms with van der Waals surface area (Å²) in [6.07, 6.45) is 17.9. The summed E-state index contributed by atoms with van der Waals surface area (Å²) >= 11 is 0. The Morgan fingerprint density at radius 1 is 1.22 bits per heavy atom. The van der Waals surface area contributed by atoms with Crippen LogP contribution in [-0.4, -0.2) is 0 Å². The number of rotatable bonds is 9. The van der Waals surface area contributed by atoms with Crippen LogP contribution in [0.1, 0.15) is 52.4 Å².